The minimum Gasteiger partial charge on any atom is -0.208 e. The molecule has 4 heteroatoms. The van der Waals surface area contributed by atoms with Crippen LogP contribution in [-0.4, -0.2) is 15.0 Å². The van der Waals surface area contributed by atoms with Gasteiger partial charge in [-0.05, 0) is 90.3 Å². The number of fused-ring (bicyclic) bond motifs is 8. The van der Waals surface area contributed by atoms with Crippen LogP contribution in [0.5, 0.6) is 0 Å². The lowest BCUT2D eigenvalue weighted by Gasteiger charge is -2.34. The van der Waals surface area contributed by atoms with E-state index in [-0.39, 0.29) is 0 Å². The summed E-state index contributed by atoms with van der Waals surface area (Å²) in [6.45, 7) is 0. The van der Waals surface area contributed by atoms with Crippen LogP contribution in [0, 0.1) is 0 Å². The predicted molar refractivity (Wildman–Crippen MR) is 267 cm³/mol. The third kappa shape index (κ3) is 5.56. The molecule has 0 spiro atoms. The molecular formula is C60H37N3S. The Bertz CT molecular complexity index is 3760. The molecule has 0 saturated carbocycles. The van der Waals surface area contributed by atoms with E-state index < -0.39 is 5.41 Å². The summed E-state index contributed by atoms with van der Waals surface area (Å²) < 4.78 is 2.41. The van der Waals surface area contributed by atoms with Crippen LogP contribution in [0.3, 0.4) is 0 Å². The van der Waals surface area contributed by atoms with E-state index in [1.807, 2.05) is 0 Å². The highest BCUT2D eigenvalue weighted by atomic mass is 32.1. The molecule has 2 heterocycles. The van der Waals surface area contributed by atoms with E-state index in [1.54, 1.807) is 11.3 Å². The minimum absolute atomic E-state index is 0.555. The summed E-state index contributed by atoms with van der Waals surface area (Å²) in [6, 6.07) is 81.1. The summed E-state index contributed by atoms with van der Waals surface area (Å²) in [4.78, 5) is 16.3. The van der Waals surface area contributed by atoms with Gasteiger partial charge in [0.1, 0.15) is 0 Å². The number of hydrogen-bond donors (Lipinski definition) is 0. The zero-order chi connectivity index (χ0) is 42.2. The van der Waals surface area contributed by atoms with E-state index in [2.05, 4.69) is 224 Å². The third-order valence-corrected chi connectivity index (χ3v) is 14.4. The summed E-state index contributed by atoms with van der Waals surface area (Å²) in [5, 5.41) is 7.13. The van der Waals surface area contributed by atoms with Crippen molar-refractivity contribution in [2.45, 2.75) is 5.41 Å². The van der Waals surface area contributed by atoms with Crippen LogP contribution in [0.4, 0.5) is 0 Å². The fourth-order valence-electron chi connectivity index (χ4n) is 10.4. The Morgan fingerprint density at radius 3 is 1.66 bits per heavy atom. The van der Waals surface area contributed by atoms with Crippen molar-refractivity contribution in [3.8, 4) is 56.4 Å². The van der Waals surface area contributed by atoms with Gasteiger partial charge in [0, 0.05) is 36.9 Å². The summed E-state index contributed by atoms with van der Waals surface area (Å²) in [6.07, 6.45) is 0. The highest BCUT2D eigenvalue weighted by Gasteiger charge is 2.46. The maximum absolute atomic E-state index is 5.46. The quantitative estimate of drug-likeness (QED) is 0.168. The van der Waals surface area contributed by atoms with Crippen LogP contribution in [0.25, 0.3) is 98.1 Å². The van der Waals surface area contributed by atoms with Gasteiger partial charge in [-0.25, -0.2) is 15.0 Å². The molecule has 3 nitrogen and oxygen atoms in total. The van der Waals surface area contributed by atoms with E-state index >= 15 is 0 Å². The maximum atomic E-state index is 5.46. The van der Waals surface area contributed by atoms with Crippen molar-refractivity contribution in [1.82, 2.24) is 15.0 Å². The predicted octanol–water partition coefficient (Wildman–Crippen LogP) is 15.6. The van der Waals surface area contributed by atoms with Gasteiger partial charge in [0.15, 0.2) is 17.5 Å². The van der Waals surface area contributed by atoms with Gasteiger partial charge in [-0.3, -0.25) is 0 Å². The van der Waals surface area contributed by atoms with Crippen molar-refractivity contribution in [3.63, 3.8) is 0 Å². The summed E-state index contributed by atoms with van der Waals surface area (Å²) in [5.74, 6) is 1.93. The first kappa shape index (κ1) is 36.6. The van der Waals surface area contributed by atoms with Gasteiger partial charge in [-0.1, -0.05) is 200 Å². The first-order valence-electron chi connectivity index (χ1n) is 21.8. The molecule has 2 aromatic heterocycles. The number of aromatic nitrogens is 3. The highest BCUT2D eigenvalue weighted by Crippen LogP contribution is 2.56. The van der Waals surface area contributed by atoms with Crippen LogP contribution in [0.1, 0.15) is 22.3 Å². The van der Waals surface area contributed by atoms with Gasteiger partial charge in [-0.15, -0.1) is 11.3 Å². The molecule has 0 saturated heterocycles. The molecular weight excluding hydrogens is 795 g/mol. The molecule has 0 aliphatic heterocycles. The average molecular weight is 832 g/mol. The monoisotopic (exact) mass is 831 g/mol. The maximum Gasteiger partial charge on any atom is 0.165 e. The molecule has 12 aromatic rings. The molecule has 1 aliphatic rings. The van der Waals surface area contributed by atoms with Gasteiger partial charge in [-0.2, -0.15) is 0 Å². The molecule has 0 amide bonds. The lowest BCUT2D eigenvalue weighted by atomic mass is 9.67. The number of nitrogens with zero attached hydrogens (tertiary/aromatic N) is 3. The van der Waals surface area contributed by atoms with Crippen LogP contribution in [0.15, 0.2) is 224 Å². The van der Waals surface area contributed by atoms with Crippen LogP contribution in [0.2, 0.25) is 0 Å². The molecule has 0 radical (unpaired) electrons. The van der Waals surface area contributed by atoms with Gasteiger partial charge in [0.2, 0.25) is 0 Å². The van der Waals surface area contributed by atoms with Crippen molar-refractivity contribution >= 4 is 53.1 Å². The molecule has 298 valence electrons. The lowest BCUT2D eigenvalue weighted by Crippen LogP contribution is -2.28. The van der Waals surface area contributed by atoms with Crippen molar-refractivity contribution in [1.29, 1.82) is 0 Å². The molecule has 0 bridgehead atoms. The van der Waals surface area contributed by atoms with Gasteiger partial charge >= 0.3 is 0 Å². The van der Waals surface area contributed by atoms with E-state index in [9.17, 15) is 0 Å². The van der Waals surface area contributed by atoms with Gasteiger partial charge < -0.3 is 0 Å². The number of rotatable bonds is 6. The minimum atomic E-state index is -0.555. The number of benzene rings is 10. The number of hydrogen-bond acceptors (Lipinski definition) is 4. The van der Waals surface area contributed by atoms with E-state index in [0.717, 1.165) is 27.5 Å². The molecule has 0 unspecified atom stereocenters. The van der Waals surface area contributed by atoms with Crippen molar-refractivity contribution in [2.24, 2.45) is 0 Å². The normalized spacial score (nSPS) is 12.8. The first-order chi connectivity index (χ1) is 31.7. The van der Waals surface area contributed by atoms with Gasteiger partial charge in [0.05, 0.1) is 5.41 Å². The number of thiophene rings is 1. The second-order valence-corrected chi connectivity index (χ2v) is 17.7. The first-order valence-corrected chi connectivity index (χ1v) is 22.6. The molecule has 10 aromatic carbocycles. The molecule has 1 aliphatic carbocycles. The Labute approximate surface area is 374 Å². The lowest BCUT2D eigenvalue weighted by molar-refractivity contribution is 0.768. The Morgan fingerprint density at radius 2 is 0.859 bits per heavy atom. The molecule has 64 heavy (non-hydrogen) atoms. The Morgan fingerprint density at radius 1 is 0.312 bits per heavy atom. The summed E-state index contributed by atoms with van der Waals surface area (Å²) in [5.41, 5.74) is 12.1. The van der Waals surface area contributed by atoms with Crippen molar-refractivity contribution in [3.05, 3.63) is 247 Å². The molecule has 0 atom stereocenters. The summed E-state index contributed by atoms with van der Waals surface area (Å²) in [7, 11) is 0. The zero-order valence-electron chi connectivity index (χ0n) is 34.6. The Balaban J connectivity index is 1.06. The van der Waals surface area contributed by atoms with Crippen molar-refractivity contribution in [2.75, 3.05) is 0 Å². The fourth-order valence-corrected chi connectivity index (χ4v) is 11.6. The largest absolute Gasteiger partial charge is 0.208 e. The fraction of sp³-hybridized carbons (Fsp3) is 0.0167. The van der Waals surface area contributed by atoms with Crippen molar-refractivity contribution < 1.29 is 0 Å². The second-order valence-electron chi connectivity index (χ2n) is 16.6. The van der Waals surface area contributed by atoms with E-state index in [0.29, 0.717) is 17.5 Å². The molecule has 0 N–H and O–H groups in total. The summed E-state index contributed by atoms with van der Waals surface area (Å²) >= 11 is 1.79. The Hall–Kier alpha value is -8.05. The van der Waals surface area contributed by atoms with E-state index in [1.165, 1.54) is 75.5 Å². The van der Waals surface area contributed by atoms with Gasteiger partial charge in [0.25, 0.3) is 0 Å². The third-order valence-electron chi connectivity index (χ3n) is 13.2. The highest BCUT2D eigenvalue weighted by molar-refractivity contribution is 7.26. The SMILES string of the molecule is c1ccc(C2(c3ccccc3)c3ccccc3-c3ccc(-c4nc(-c5cccc6c(-c7ccc8ccccc8c7)cccc56)nc(-c5cccc6c5sc5ccccc56)n4)cc32)cc1. The Kier molecular flexibility index (Phi) is 8.30. The standard InChI is InChI=1S/C60H37N3S/c1-3-18-42(19-4-1)60(43-20-5-2-6-21-43)53-30-11-9-22-47(53)48-35-34-41(37-54(48)60)57-61-58(63-59(62-57)52-29-15-27-50-49-23-10-12-31-55(49)64-56(50)52)51-28-14-25-45-44(24-13-26-46(45)51)40-33-32-38-16-7-8-17-39(38)36-40/h1-37H. The molecule has 13 rings (SSSR count). The van der Waals surface area contributed by atoms with Crippen LogP contribution in [-0.2, 0) is 5.41 Å². The van der Waals surface area contributed by atoms with Crippen LogP contribution >= 0.6 is 11.3 Å². The zero-order valence-corrected chi connectivity index (χ0v) is 35.4. The van der Waals surface area contributed by atoms with E-state index in [4.69, 9.17) is 15.0 Å². The average Bonchev–Trinajstić information content (AvgIpc) is 3.90. The second kappa shape index (κ2) is 14.5. The topological polar surface area (TPSA) is 38.7 Å². The smallest absolute Gasteiger partial charge is 0.165 e. The molecule has 0 fully saturated rings. The van der Waals surface area contributed by atoms with Crippen LogP contribution < -0.4 is 0 Å².